The highest BCUT2D eigenvalue weighted by atomic mass is 79.9. The van der Waals surface area contributed by atoms with E-state index in [2.05, 4.69) is 37.2 Å². The predicted molar refractivity (Wildman–Crippen MR) is 146 cm³/mol. The first-order chi connectivity index (χ1) is 18.2. The maximum absolute atomic E-state index is 13.2. The Hall–Kier alpha value is -4.03. The number of barbiturate groups is 1. The lowest BCUT2D eigenvalue weighted by Crippen LogP contribution is -2.54. The summed E-state index contributed by atoms with van der Waals surface area (Å²) in [7, 11) is 0. The van der Waals surface area contributed by atoms with Crippen molar-refractivity contribution in [3.63, 3.8) is 0 Å². The van der Waals surface area contributed by atoms with Gasteiger partial charge in [-0.05, 0) is 76.5 Å². The van der Waals surface area contributed by atoms with E-state index in [9.17, 15) is 24.5 Å². The van der Waals surface area contributed by atoms with Gasteiger partial charge in [0.1, 0.15) is 12.2 Å². The number of halogens is 2. The van der Waals surface area contributed by atoms with Crippen LogP contribution in [0, 0.1) is 10.1 Å². The van der Waals surface area contributed by atoms with Crippen molar-refractivity contribution in [2.45, 2.75) is 13.5 Å². The Morgan fingerprint density at radius 2 is 1.76 bits per heavy atom. The molecule has 0 aromatic heterocycles. The van der Waals surface area contributed by atoms with Crippen molar-refractivity contribution < 1.29 is 28.8 Å². The molecule has 1 fully saturated rings. The molecule has 1 aliphatic rings. The Morgan fingerprint density at radius 1 is 1.03 bits per heavy atom. The highest BCUT2D eigenvalue weighted by Crippen LogP contribution is 2.38. The molecule has 3 aromatic carbocycles. The number of imide groups is 2. The van der Waals surface area contributed by atoms with E-state index in [0.717, 1.165) is 9.37 Å². The molecular formula is C26H19Br2N3O7. The molecule has 3 aromatic rings. The van der Waals surface area contributed by atoms with Crippen LogP contribution in [0.3, 0.4) is 0 Å². The number of nitrogens with one attached hydrogen (secondary N) is 1. The van der Waals surface area contributed by atoms with Gasteiger partial charge >= 0.3 is 6.03 Å². The summed E-state index contributed by atoms with van der Waals surface area (Å²) < 4.78 is 12.9. The van der Waals surface area contributed by atoms with Gasteiger partial charge in [0.25, 0.3) is 17.5 Å². The van der Waals surface area contributed by atoms with E-state index in [4.69, 9.17) is 9.47 Å². The maximum Gasteiger partial charge on any atom is 0.335 e. The summed E-state index contributed by atoms with van der Waals surface area (Å²) in [4.78, 5) is 49.7. The number of urea groups is 1. The van der Waals surface area contributed by atoms with E-state index in [1.165, 1.54) is 18.2 Å². The number of benzene rings is 3. The van der Waals surface area contributed by atoms with E-state index >= 15 is 0 Å². The average Bonchev–Trinajstić information content (AvgIpc) is 2.87. The standard InChI is InChI=1S/C26H19Br2N3O7/c1-2-37-22-13-16(12-21(28)23(22)38-14-15-4-3-5-19(10-15)31(35)36)11-20-24(32)29-26(34)30(25(20)33)18-8-6-17(27)7-9-18/h3-13H,2,14H2,1H3,(H,29,32,34)/b20-11+. The Bertz CT molecular complexity index is 1470. The van der Waals surface area contributed by atoms with E-state index in [1.54, 1.807) is 55.5 Å². The molecule has 0 radical (unpaired) electrons. The number of non-ortho nitro benzene ring substituents is 1. The smallest absolute Gasteiger partial charge is 0.335 e. The molecule has 1 heterocycles. The fourth-order valence-electron chi connectivity index (χ4n) is 3.64. The Kier molecular flexibility index (Phi) is 8.23. The molecule has 0 atom stereocenters. The van der Waals surface area contributed by atoms with Crippen LogP contribution in [0.5, 0.6) is 11.5 Å². The van der Waals surface area contributed by atoms with Crippen LogP contribution >= 0.6 is 31.9 Å². The summed E-state index contributed by atoms with van der Waals surface area (Å²) in [5.74, 6) is -0.940. The summed E-state index contributed by atoms with van der Waals surface area (Å²) in [5, 5.41) is 13.2. The molecule has 0 unspecified atom stereocenters. The third-order valence-electron chi connectivity index (χ3n) is 5.33. The zero-order valence-electron chi connectivity index (χ0n) is 19.8. The number of hydrogen-bond acceptors (Lipinski definition) is 7. The van der Waals surface area contributed by atoms with Crippen molar-refractivity contribution >= 4 is 67.2 Å². The Balaban J connectivity index is 1.64. The molecule has 38 heavy (non-hydrogen) atoms. The maximum atomic E-state index is 13.2. The lowest BCUT2D eigenvalue weighted by Gasteiger charge is -2.26. The Labute approximate surface area is 233 Å². The monoisotopic (exact) mass is 643 g/mol. The summed E-state index contributed by atoms with van der Waals surface area (Å²) in [6.07, 6.45) is 1.35. The SMILES string of the molecule is CCOc1cc(/C=C2\C(=O)NC(=O)N(c3ccc(Br)cc3)C2=O)cc(Br)c1OCc1cccc([N+](=O)[O-])c1. The minimum absolute atomic E-state index is 0.0337. The van der Waals surface area contributed by atoms with Crippen molar-refractivity contribution in [2.24, 2.45) is 0 Å². The van der Waals surface area contributed by atoms with E-state index in [0.29, 0.717) is 39.4 Å². The van der Waals surface area contributed by atoms with Crippen LogP contribution in [0.1, 0.15) is 18.1 Å². The van der Waals surface area contributed by atoms with Crippen LogP contribution in [-0.2, 0) is 16.2 Å². The fraction of sp³-hybridized carbons (Fsp3) is 0.115. The first-order valence-electron chi connectivity index (χ1n) is 11.2. The van der Waals surface area contributed by atoms with Gasteiger partial charge in [-0.3, -0.25) is 25.0 Å². The normalized spacial score (nSPS) is 14.4. The molecule has 4 rings (SSSR count). The van der Waals surface area contributed by atoms with Crippen LogP contribution in [0.4, 0.5) is 16.2 Å². The number of rotatable bonds is 8. The van der Waals surface area contributed by atoms with Gasteiger partial charge in [0.2, 0.25) is 0 Å². The number of amides is 4. The zero-order chi connectivity index (χ0) is 27.4. The number of nitrogens with zero attached hydrogens (tertiary/aromatic N) is 2. The van der Waals surface area contributed by atoms with Gasteiger partial charge in [0.05, 0.1) is 21.7 Å². The van der Waals surface area contributed by atoms with Gasteiger partial charge in [0.15, 0.2) is 11.5 Å². The number of ether oxygens (including phenoxy) is 2. The van der Waals surface area contributed by atoms with Gasteiger partial charge in [-0.25, -0.2) is 9.69 Å². The summed E-state index contributed by atoms with van der Waals surface area (Å²) in [6, 6.07) is 14.9. The molecule has 1 aliphatic heterocycles. The lowest BCUT2D eigenvalue weighted by molar-refractivity contribution is -0.384. The van der Waals surface area contributed by atoms with Crippen molar-refractivity contribution in [1.82, 2.24) is 5.32 Å². The van der Waals surface area contributed by atoms with E-state index in [1.807, 2.05) is 0 Å². The van der Waals surface area contributed by atoms with Crippen molar-refractivity contribution in [2.75, 3.05) is 11.5 Å². The molecule has 0 spiro atoms. The second-order valence-electron chi connectivity index (χ2n) is 7.91. The molecule has 1 N–H and O–H groups in total. The first-order valence-corrected chi connectivity index (χ1v) is 12.8. The van der Waals surface area contributed by atoms with E-state index in [-0.39, 0.29) is 17.9 Å². The van der Waals surface area contributed by atoms with E-state index < -0.39 is 22.8 Å². The second-order valence-corrected chi connectivity index (χ2v) is 9.68. The molecule has 194 valence electrons. The predicted octanol–water partition coefficient (Wildman–Crippen LogP) is 5.76. The third-order valence-corrected chi connectivity index (χ3v) is 6.45. The summed E-state index contributed by atoms with van der Waals surface area (Å²) >= 11 is 6.75. The van der Waals surface area contributed by atoms with Crippen LogP contribution in [0.25, 0.3) is 6.08 Å². The fourth-order valence-corrected chi connectivity index (χ4v) is 4.48. The molecular weight excluding hydrogens is 626 g/mol. The second kappa shape index (κ2) is 11.6. The van der Waals surface area contributed by atoms with Gasteiger partial charge in [-0.15, -0.1) is 0 Å². The van der Waals surface area contributed by atoms with Gasteiger partial charge < -0.3 is 9.47 Å². The highest BCUT2D eigenvalue weighted by molar-refractivity contribution is 9.10. The van der Waals surface area contributed by atoms with Crippen molar-refractivity contribution in [3.8, 4) is 11.5 Å². The van der Waals surface area contributed by atoms with Crippen molar-refractivity contribution in [1.29, 1.82) is 0 Å². The van der Waals surface area contributed by atoms with Gasteiger partial charge in [-0.1, -0.05) is 28.1 Å². The highest BCUT2D eigenvalue weighted by Gasteiger charge is 2.36. The molecule has 1 saturated heterocycles. The molecule has 0 bridgehead atoms. The minimum Gasteiger partial charge on any atom is -0.490 e. The van der Waals surface area contributed by atoms with Crippen LogP contribution in [-0.4, -0.2) is 29.4 Å². The van der Waals surface area contributed by atoms with Gasteiger partial charge in [0, 0.05) is 16.6 Å². The van der Waals surface area contributed by atoms with Crippen LogP contribution < -0.4 is 19.7 Å². The number of carbonyl (C=O) groups is 3. The Morgan fingerprint density at radius 3 is 2.45 bits per heavy atom. The lowest BCUT2D eigenvalue weighted by atomic mass is 10.1. The zero-order valence-corrected chi connectivity index (χ0v) is 22.9. The average molecular weight is 645 g/mol. The molecule has 0 aliphatic carbocycles. The number of hydrogen-bond donors (Lipinski definition) is 1. The molecule has 10 nitrogen and oxygen atoms in total. The number of anilines is 1. The quantitative estimate of drug-likeness (QED) is 0.143. The largest absolute Gasteiger partial charge is 0.490 e. The number of carbonyl (C=O) groups excluding carboxylic acids is 3. The minimum atomic E-state index is -0.847. The van der Waals surface area contributed by atoms with Crippen molar-refractivity contribution in [3.05, 3.63) is 96.4 Å². The number of nitro groups is 1. The molecule has 0 saturated carbocycles. The number of nitro benzene ring substituents is 1. The van der Waals surface area contributed by atoms with Gasteiger partial charge in [-0.2, -0.15) is 0 Å². The molecule has 12 heteroatoms. The summed E-state index contributed by atoms with van der Waals surface area (Å²) in [5.41, 5.74) is 1.03. The van der Waals surface area contributed by atoms with Crippen LogP contribution in [0.2, 0.25) is 0 Å². The van der Waals surface area contributed by atoms with Crippen LogP contribution in [0.15, 0.2) is 75.2 Å². The first kappa shape index (κ1) is 27.0. The topological polar surface area (TPSA) is 128 Å². The third kappa shape index (κ3) is 5.92. The summed E-state index contributed by atoms with van der Waals surface area (Å²) in [6.45, 7) is 2.11. The molecule has 4 amide bonds.